The van der Waals surface area contributed by atoms with Crippen molar-refractivity contribution in [2.24, 2.45) is 5.92 Å². The monoisotopic (exact) mass is 279 g/mol. The first-order chi connectivity index (χ1) is 10.1. The van der Waals surface area contributed by atoms with Gasteiger partial charge in [-0.3, -0.25) is 0 Å². The van der Waals surface area contributed by atoms with Crippen molar-refractivity contribution in [2.45, 2.75) is 39.2 Å². The van der Waals surface area contributed by atoms with E-state index in [9.17, 15) is 0 Å². The van der Waals surface area contributed by atoms with Crippen LogP contribution in [0.5, 0.6) is 0 Å². The predicted molar refractivity (Wildman–Crippen MR) is 89.7 cm³/mol. The number of aryl methyl sites for hydroxylation is 3. The molecule has 1 aliphatic rings. The van der Waals surface area contributed by atoms with Gasteiger partial charge in [-0.1, -0.05) is 48.0 Å². The molecule has 2 aromatic rings. The Hall–Kier alpha value is -1.60. The maximum Gasteiger partial charge on any atom is 0.0357 e. The minimum absolute atomic E-state index is 0.468. The normalized spacial score (nSPS) is 22.1. The van der Waals surface area contributed by atoms with Gasteiger partial charge in [0.15, 0.2) is 0 Å². The Morgan fingerprint density at radius 1 is 1.00 bits per heavy atom. The lowest BCUT2D eigenvalue weighted by Crippen LogP contribution is -2.21. The number of nitrogens with one attached hydrogen (secondary N) is 1. The Labute approximate surface area is 128 Å². The first-order valence-corrected chi connectivity index (χ1v) is 7.91. The average molecular weight is 279 g/mol. The van der Waals surface area contributed by atoms with Crippen molar-refractivity contribution in [3.63, 3.8) is 0 Å². The van der Waals surface area contributed by atoms with E-state index >= 15 is 0 Å². The molecule has 0 radical (unpaired) electrons. The van der Waals surface area contributed by atoms with Crippen molar-refractivity contribution in [2.75, 3.05) is 7.05 Å². The van der Waals surface area contributed by atoms with Crippen molar-refractivity contribution in [1.82, 2.24) is 5.32 Å². The highest BCUT2D eigenvalue weighted by molar-refractivity contribution is 5.42. The summed E-state index contributed by atoms with van der Waals surface area (Å²) >= 11 is 0. The Morgan fingerprint density at radius 2 is 1.62 bits per heavy atom. The molecule has 1 fully saturated rings. The fraction of sp³-hybridized carbons (Fsp3) is 0.400. The lowest BCUT2D eigenvalue weighted by atomic mass is 9.90. The Balaban J connectivity index is 1.88. The van der Waals surface area contributed by atoms with Crippen molar-refractivity contribution in [3.8, 4) is 0 Å². The van der Waals surface area contributed by atoms with E-state index in [4.69, 9.17) is 0 Å². The molecule has 0 heterocycles. The van der Waals surface area contributed by atoms with E-state index in [2.05, 4.69) is 75.6 Å². The zero-order valence-electron chi connectivity index (χ0n) is 13.5. The molecule has 0 saturated heterocycles. The van der Waals surface area contributed by atoms with Crippen LogP contribution in [-0.4, -0.2) is 7.05 Å². The molecule has 110 valence electrons. The Bertz CT molecular complexity index is 607. The van der Waals surface area contributed by atoms with E-state index in [1.54, 1.807) is 0 Å². The predicted octanol–water partition coefficient (Wildman–Crippen LogP) is 4.68. The molecule has 0 aromatic heterocycles. The second-order valence-electron chi connectivity index (χ2n) is 6.50. The smallest absolute Gasteiger partial charge is 0.0357 e. The lowest BCUT2D eigenvalue weighted by molar-refractivity contribution is 0.513. The van der Waals surface area contributed by atoms with Crippen molar-refractivity contribution in [1.29, 1.82) is 0 Å². The van der Waals surface area contributed by atoms with Crippen molar-refractivity contribution in [3.05, 3.63) is 70.3 Å². The molecule has 1 N–H and O–H groups in total. The number of rotatable bonds is 4. The third kappa shape index (κ3) is 2.75. The standard InChI is InChI=1S/C20H25N/c1-13-10-14(2)19(15(3)11-13)20(21-4)18-12-17(18)16-8-6-5-7-9-16/h5-11,17-18,20-21H,12H2,1-4H3. The third-order valence-corrected chi connectivity index (χ3v) is 4.86. The molecule has 3 unspecified atom stereocenters. The highest BCUT2D eigenvalue weighted by atomic mass is 14.9. The van der Waals surface area contributed by atoms with E-state index in [1.807, 2.05) is 0 Å². The minimum Gasteiger partial charge on any atom is -0.313 e. The van der Waals surface area contributed by atoms with E-state index in [0.717, 1.165) is 5.92 Å². The van der Waals surface area contributed by atoms with E-state index in [0.29, 0.717) is 12.0 Å². The molecule has 3 atom stereocenters. The summed E-state index contributed by atoms with van der Waals surface area (Å²) in [5.41, 5.74) is 7.20. The summed E-state index contributed by atoms with van der Waals surface area (Å²) in [7, 11) is 2.10. The molecule has 0 aliphatic heterocycles. The number of benzene rings is 2. The van der Waals surface area contributed by atoms with Crippen LogP contribution >= 0.6 is 0 Å². The van der Waals surface area contributed by atoms with Crippen LogP contribution in [0.4, 0.5) is 0 Å². The van der Waals surface area contributed by atoms with Gasteiger partial charge in [-0.05, 0) is 68.3 Å². The van der Waals surface area contributed by atoms with Gasteiger partial charge in [-0.2, -0.15) is 0 Å². The first-order valence-electron chi connectivity index (χ1n) is 7.91. The topological polar surface area (TPSA) is 12.0 Å². The average Bonchev–Trinajstić information content (AvgIpc) is 3.23. The fourth-order valence-electron chi connectivity index (χ4n) is 3.92. The molecular formula is C20H25N. The highest BCUT2D eigenvalue weighted by Gasteiger charge is 2.44. The van der Waals surface area contributed by atoms with Gasteiger partial charge in [0, 0.05) is 6.04 Å². The van der Waals surface area contributed by atoms with E-state index in [1.165, 1.54) is 34.2 Å². The molecular weight excluding hydrogens is 254 g/mol. The summed E-state index contributed by atoms with van der Waals surface area (Å²) in [6.45, 7) is 6.68. The van der Waals surface area contributed by atoms with Gasteiger partial charge in [-0.25, -0.2) is 0 Å². The van der Waals surface area contributed by atoms with E-state index < -0.39 is 0 Å². The van der Waals surface area contributed by atoms with Gasteiger partial charge in [0.1, 0.15) is 0 Å². The minimum atomic E-state index is 0.468. The van der Waals surface area contributed by atoms with Gasteiger partial charge in [0.25, 0.3) is 0 Å². The molecule has 1 nitrogen and oxygen atoms in total. The molecule has 1 heteroatoms. The molecule has 0 amide bonds. The van der Waals surface area contributed by atoms with Crippen LogP contribution in [0.15, 0.2) is 42.5 Å². The zero-order chi connectivity index (χ0) is 15.0. The molecule has 3 rings (SSSR count). The second kappa shape index (κ2) is 5.65. The van der Waals surface area contributed by atoms with E-state index in [-0.39, 0.29) is 0 Å². The maximum absolute atomic E-state index is 3.58. The maximum atomic E-state index is 3.58. The summed E-state index contributed by atoms with van der Waals surface area (Å²) in [6.07, 6.45) is 1.29. The molecule has 2 aromatic carbocycles. The van der Waals surface area contributed by atoms with Crippen LogP contribution in [0.3, 0.4) is 0 Å². The molecule has 0 spiro atoms. The van der Waals surface area contributed by atoms with Crippen molar-refractivity contribution < 1.29 is 0 Å². The lowest BCUT2D eigenvalue weighted by Gasteiger charge is -2.22. The second-order valence-corrected chi connectivity index (χ2v) is 6.50. The van der Waals surface area contributed by atoms with Gasteiger partial charge in [-0.15, -0.1) is 0 Å². The van der Waals surface area contributed by atoms with Crippen LogP contribution in [0.25, 0.3) is 0 Å². The Morgan fingerprint density at radius 3 is 2.19 bits per heavy atom. The highest BCUT2D eigenvalue weighted by Crippen LogP contribution is 2.54. The van der Waals surface area contributed by atoms with Crippen LogP contribution in [0.1, 0.15) is 46.2 Å². The van der Waals surface area contributed by atoms with Gasteiger partial charge in [0.05, 0.1) is 0 Å². The SMILES string of the molecule is CNC(c1c(C)cc(C)cc1C)C1CC1c1ccccc1. The van der Waals surface area contributed by atoms with Gasteiger partial charge >= 0.3 is 0 Å². The largest absolute Gasteiger partial charge is 0.313 e. The van der Waals surface area contributed by atoms with Crippen molar-refractivity contribution >= 4 is 0 Å². The van der Waals surface area contributed by atoms with Gasteiger partial charge in [0.2, 0.25) is 0 Å². The summed E-state index contributed by atoms with van der Waals surface area (Å²) in [4.78, 5) is 0. The Kier molecular flexibility index (Phi) is 3.86. The molecule has 21 heavy (non-hydrogen) atoms. The summed E-state index contributed by atoms with van der Waals surface area (Å²) in [5, 5.41) is 3.58. The van der Waals surface area contributed by atoms with Gasteiger partial charge < -0.3 is 5.32 Å². The van der Waals surface area contributed by atoms with Crippen LogP contribution in [-0.2, 0) is 0 Å². The number of hydrogen-bond donors (Lipinski definition) is 1. The van der Waals surface area contributed by atoms with Crippen LogP contribution in [0, 0.1) is 26.7 Å². The fourth-order valence-corrected chi connectivity index (χ4v) is 3.92. The molecule has 1 saturated carbocycles. The van der Waals surface area contributed by atoms with Crippen LogP contribution in [0.2, 0.25) is 0 Å². The molecule has 0 bridgehead atoms. The quantitative estimate of drug-likeness (QED) is 0.857. The molecule has 1 aliphatic carbocycles. The number of hydrogen-bond acceptors (Lipinski definition) is 1. The first kappa shape index (κ1) is 14.3. The van der Waals surface area contributed by atoms with Crippen LogP contribution < -0.4 is 5.32 Å². The zero-order valence-corrected chi connectivity index (χ0v) is 13.5. The third-order valence-electron chi connectivity index (χ3n) is 4.86. The summed E-state index contributed by atoms with van der Waals surface area (Å²) < 4.78 is 0. The summed E-state index contributed by atoms with van der Waals surface area (Å²) in [5.74, 6) is 1.43. The summed E-state index contributed by atoms with van der Waals surface area (Å²) in [6, 6.07) is 16.0.